The quantitative estimate of drug-likeness (QED) is 0.188. The first kappa shape index (κ1) is 23.4. The van der Waals surface area contributed by atoms with Crippen molar-refractivity contribution >= 4 is 40.8 Å². The summed E-state index contributed by atoms with van der Waals surface area (Å²) in [6, 6.07) is 20.9. The van der Waals surface area contributed by atoms with Crippen LogP contribution in [0.25, 0.3) is 0 Å². The average molecular weight is 470 g/mol. The molecule has 8 heteroatoms. The first-order valence-corrected chi connectivity index (χ1v) is 10.7. The molecule has 0 heterocycles. The van der Waals surface area contributed by atoms with Gasteiger partial charge in [-0.3, -0.25) is 5.43 Å². The summed E-state index contributed by atoms with van der Waals surface area (Å²) in [6.07, 6.45) is 1.60. The molecule has 0 aliphatic carbocycles. The lowest BCUT2D eigenvalue weighted by Crippen LogP contribution is -2.23. The molecule has 3 aromatic carbocycles. The minimum Gasteiger partial charge on any atom is -0.493 e. The summed E-state index contributed by atoms with van der Waals surface area (Å²) >= 11 is 11.6. The number of hydrogen-bond donors (Lipinski definition) is 2. The number of rotatable bonds is 9. The van der Waals surface area contributed by atoms with Gasteiger partial charge in [-0.05, 0) is 60.6 Å². The molecule has 0 saturated carbocycles. The van der Waals surface area contributed by atoms with Gasteiger partial charge in [0.05, 0.1) is 18.3 Å². The Hall–Kier alpha value is -3.29. The number of nitrogens with one attached hydrogen (secondary N) is 2. The molecule has 3 rings (SSSR count). The van der Waals surface area contributed by atoms with E-state index in [-0.39, 0.29) is 0 Å². The standard InChI is InChI=1S/C24H24ClN3O3S/c1-17-8-6-7-11-21(17)30-12-13-31-23-20(25)14-18(15-22(23)29-2)16-26-28-24(32)27-19-9-4-3-5-10-19/h3-11,14-16H,12-13H2,1-2H3,(H2,27,28,32)/b26-16+. The van der Waals surface area contributed by atoms with E-state index in [1.165, 1.54) is 0 Å². The van der Waals surface area contributed by atoms with Crippen molar-refractivity contribution in [3.8, 4) is 17.2 Å². The molecule has 0 amide bonds. The molecule has 0 radical (unpaired) electrons. The normalized spacial score (nSPS) is 10.6. The Morgan fingerprint density at radius 1 is 1.00 bits per heavy atom. The molecule has 0 fully saturated rings. The number of methoxy groups -OCH3 is 1. The minimum absolute atomic E-state index is 0.318. The summed E-state index contributed by atoms with van der Waals surface area (Å²) in [5.74, 6) is 1.78. The Morgan fingerprint density at radius 3 is 2.47 bits per heavy atom. The van der Waals surface area contributed by atoms with Crippen LogP contribution in [0.15, 0.2) is 71.8 Å². The van der Waals surface area contributed by atoms with E-state index in [2.05, 4.69) is 15.8 Å². The lowest BCUT2D eigenvalue weighted by atomic mass is 10.2. The maximum atomic E-state index is 6.42. The monoisotopic (exact) mass is 469 g/mol. The molecule has 0 aromatic heterocycles. The molecule has 0 bridgehead atoms. The fourth-order valence-electron chi connectivity index (χ4n) is 2.81. The maximum absolute atomic E-state index is 6.42. The van der Waals surface area contributed by atoms with Gasteiger partial charge in [0.25, 0.3) is 0 Å². The smallest absolute Gasteiger partial charge is 0.191 e. The molecule has 0 aliphatic heterocycles. The zero-order valence-electron chi connectivity index (χ0n) is 17.8. The molecule has 6 nitrogen and oxygen atoms in total. The molecule has 166 valence electrons. The fraction of sp³-hybridized carbons (Fsp3) is 0.167. The van der Waals surface area contributed by atoms with Gasteiger partial charge in [-0.2, -0.15) is 5.10 Å². The van der Waals surface area contributed by atoms with Crippen molar-refractivity contribution in [1.29, 1.82) is 0 Å². The number of aryl methyl sites for hydroxylation is 1. The summed E-state index contributed by atoms with van der Waals surface area (Å²) < 4.78 is 17.0. The zero-order chi connectivity index (χ0) is 22.8. The Labute approximate surface area is 198 Å². The second-order valence-corrected chi connectivity index (χ2v) is 7.50. The highest BCUT2D eigenvalue weighted by molar-refractivity contribution is 7.80. The molecule has 3 aromatic rings. The minimum atomic E-state index is 0.318. The average Bonchev–Trinajstić information content (AvgIpc) is 2.79. The zero-order valence-corrected chi connectivity index (χ0v) is 19.4. The van der Waals surface area contributed by atoms with Gasteiger partial charge in [-0.15, -0.1) is 0 Å². The van der Waals surface area contributed by atoms with Crippen molar-refractivity contribution in [1.82, 2.24) is 5.43 Å². The summed E-state index contributed by atoms with van der Waals surface area (Å²) in [6.45, 7) is 2.69. The van der Waals surface area contributed by atoms with Crippen molar-refractivity contribution in [3.63, 3.8) is 0 Å². The van der Waals surface area contributed by atoms with E-state index in [9.17, 15) is 0 Å². The van der Waals surface area contributed by atoms with Gasteiger partial charge < -0.3 is 19.5 Å². The van der Waals surface area contributed by atoms with E-state index in [0.29, 0.717) is 34.8 Å². The van der Waals surface area contributed by atoms with Crippen molar-refractivity contribution in [3.05, 3.63) is 82.9 Å². The van der Waals surface area contributed by atoms with Crippen molar-refractivity contribution in [2.45, 2.75) is 6.92 Å². The van der Waals surface area contributed by atoms with Crippen LogP contribution >= 0.6 is 23.8 Å². The first-order valence-electron chi connectivity index (χ1n) is 9.90. The van der Waals surface area contributed by atoms with Gasteiger partial charge in [0.1, 0.15) is 19.0 Å². The molecule has 0 saturated heterocycles. The number of para-hydroxylation sites is 2. The molecule has 0 unspecified atom stereocenters. The number of thiocarbonyl (C=S) groups is 1. The van der Waals surface area contributed by atoms with Crippen molar-refractivity contribution < 1.29 is 14.2 Å². The molecule has 2 N–H and O–H groups in total. The number of halogens is 1. The second kappa shape index (κ2) is 11.9. The van der Waals surface area contributed by atoms with Crippen LogP contribution in [0.5, 0.6) is 17.2 Å². The molecule has 0 aliphatic rings. The lowest BCUT2D eigenvalue weighted by molar-refractivity contribution is 0.210. The fourth-order valence-corrected chi connectivity index (χ4v) is 3.26. The Morgan fingerprint density at radius 2 is 1.72 bits per heavy atom. The molecular weight excluding hydrogens is 446 g/mol. The third kappa shape index (κ3) is 6.87. The van der Waals surface area contributed by atoms with Gasteiger partial charge in [0.2, 0.25) is 0 Å². The highest BCUT2D eigenvalue weighted by atomic mass is 35.5. The van der Waals surface area contributed by atoms with E-state index >= 15 is 0 Å². The molecule has 0 atom stereocenters. The van der Waals surface area contributed by atoms with E-state index in [0.717, 1.165) is 22.6 Å². The van der Waals surface area contributed by atoms with Crippen LogP contribution in [0.3, 0.4) is 0 Å². The SMILES string of the molecule is COc1cc(/C=N/NC(=S)Nc2ccccc2)cc(Cl)c1OCCOc1ccccc1C. The van der Waals surface area contributed by atoms with Gasteiger partial charge in [-0.1, -0.05) is 48.0 Å². The predicted octanol–water partition coefficient (Wildman–Crippen LogP) is 5.44. The highest BCUT2D eigenvalue weighted by Crippen LogP contribution is 2.36. The van der Waals surface area contributed by atoms with E-state index < -0.39 is 0 Å². The first-order chi connectivity index (χ1) is 15.6. The largest absolute Gasteiger partial charge is 0.493 e. The lowest BCUT2D eigenvalue weighted by Gasteiger charge is -2.14. The Bertz CT molecular complexity index is 1080. The summed E-state index contributed by atoms with van der Waals surface area (Å²) in [4.78, 5) is 0. The van der Waals surface area contributed by atoms with Crippen molar-refractivity contribution in [2.24, 2.45) is 5.10 Å². The van der Waals surface area contributed by atoms with Gasteiger partial charge in [-0.25, -0.2) is 0 Å². The Kier molecular flexibility index (Phi) is 8.71. The van der Waals surface area contributed by atoms with Gasteiger partial charge in [0, 0.05) is 5.69 Å². The van der Waals surface area contributed by atoms with E-state index in [1.54, 1.807) is 25.5 Å². The number of anilines is 1. The van der Waals surface area contributed by atoms with Crippen LogP contribution in [0.1, 0.15) is 11.1 Å². The summed E-state index contributed by atoms with van der Waals surface area (Å²) in [5.41, 5.74) is 5.44. The van der Waals surface area contributed by atoms with Gasteiger partial charge in [0.15, 0.2) is 16.6 Å². The maximum Gasteiger partial charge on any atom is 0.191 e. The predicted molar refractivity (Wildman–Crippen MR) is 134 cm³/mol. The van der Waals surface area contributed by atoms with Crippen LogP contribution in [0.4, 0.5) is 5.69 Å². The Balaban J connectivity index is 1.55. The summed E-state index contributed by atoms with van der Waals surface area (Å²) in [7, 11) is 1.56. The number of hydrogen-bond acceptors (Lipinski definition) is 5. The van der Waals surface area contributed by atoms with Crippen LogP contribution in [0.2, 0.25) is 5.02 Å². The summed E-state index contributed by atoms with van der Waals surface area (Å²) in [5, 5.41) is 7.97. The van der Waals surface area contributed by atoms with Crippen LogP contribution in [-0.2, 0) is 0 Å². The molecular formula is C24H24ClN3O3S. The highest BCUT2D eigenvalue weighted by Gasteiger charge is 2.12. The van der Waals surface area contributed by atoms with Crippen LogP contribution in [-0.4, -0.2) is 31.7 Å². The van der Waals surface area contributed by atoms with E-state index in [1.807, 2.05) is 61.5 Å². The number of benzene rings is 3. The topological polar surface area (TPSA) is 64.1 Å². The third-order valence-electron chi connectivity index (χ3n) is 4.34. The van der Waals surface area contributed by atoms with Crippen LogP contribution in [0, 0.1) is 6.92 Å². The number of ether oxygens (including phenoxy) is 3. The van der Waals surface area contributed by atoms with E-state index in [4.69, 9.17) is 38.0 Å². The number of hydrazone groups is 1. The van der Waals surface area contributed by atoms with Gasteiger partial charge >= 0.3 is 0 Å². The molecule has 0 spiro atoms. The van der Waals surface area contributed by atoms with Crippen molar-refractivity contribution in [2.75, 3.05) is 25.6 Å². The molecule has 32 heavy (non-hydrogen) atoms. The third-order valence-corrected chi connectivity index (χ3v) is 4.82. The number of nitrogens with zero attached hydrogens (tertiary/aromatic N) is 1. The second-order valence-electron chi connectivity index (χ2n) is 6.69. The van der Waals surface area contributed by atoms with Crippen LogP contribution < -0.4 is 25.0 Å².